The Kier molecular flexibility index (Phi) is 4.08. The van der Waals surface area contributed by atoms with Gasteiger partial charge in [0.15, 0.2) is 0 Å². The molecule has 0 radical (unpaired) electrons. The van der Waals surface area contributed by atoms with Crippen molar-refractivity contribution in [3.05, 3.63) is 35.9 Å². The molecular weight excluding hydrogens is 202 g/mol. The lowest BCUT2D eigenvalue weighted by Crippen LogP contribution is -2.46. The third-order valence-electron chi connectivity index (χ3n) is 2.39. The van der Waals surface area contributed by atoms with Crippen molar-refractivity contribution in [1.82, 2.24) is 0 Å². The van der Waals surface area contributed by atoms with Crippen LogP contribution < -0.4 is 5.73 Å². The van der Waals surface area contributed by atoms with Gasteiger partial charge in [0.05, 0.1) is 24.4 Å². The highest BCUT2D eigenvalue weighted by Gasteiger charge is 2.28. The lowest BCUT2D eigenvalue weighted by Gasteiger charge is -2.31. The zero-order chi connectivity index (χ0) is 12.2. The Hall–Kier alpha value is -0.900. The zero-order valence-corrected chi connectivity index (χ0v) is 10.2. The molecule has 0 heterocycles. The fourth-order valence-electron chi connectivity index (χ4n) is 1.34. The number of hydrogen-bond donors (Lipinski definition) is 2. The van der Waals surface area contributed by atoms with Crippen LogP contribution in [0.3, 0.4) is 0 Å². The van der Waals surface area contributed by atoms with Crippen molar-refractivity contribution in [1.29, 1.82) is 0 Å². The van der Waals surface area contributed by atoms with E-state index in [4.69, 9.17) is 10.5 Å². The van der Waals surface area contributed by atoms with Crippen LogP contribution in [0.25, 0.3) is 0 Å². The molecule has 1 rings (SSSR count). The maximum Gasteiger partial charge on any atom is 0.0881 e. The number of nitrogens with two attached hydrogens (primary N) is 1. The van der Waals surface area contributed by atoms with Crippen molar-refractivity contribution in [3.8, 4) is 0 Å². The first kappa shape index (κ1) is 13.2. The predicted molar refractivity (Wildman–Crippen MR) is 65.1 cm³/mol. The third-order valence-corrected chi connectivity index (χ3v) is 2.39. The maximum atomic E-state index is 9.43. The predicted octanol–water partition coefficient (Wildman–Crippen LogP) is 1.65. The van der Waals surface area contributed by atoms with Gasteiger partial charge in [-0.05, 0) is 26.3 Å². The average Bonchev–Trinajstić information content (AvgIpc) is 2.26. The summed E-state index contributed by atoms with van der Waals surface area (Å²) in [4.78, 5) is 0. The maximum absolute atomic E-state index is 9.43. The Morgan fingerprint density at radius 3 is 2.19 bits per heavy atom. The summed E-state index contributed by atoms with van der Waals surface area (Å²) in [5.41, 5.74) is 5.96. The van der Waals surface area contributed by atoms with Gasteiger partial charge in [0.2, 0.25) is 0 Å². The van der Waals surface area contributed by atoms with Gasteiger partial charge in [0.25, 0.3) is 0 Å². The van der Waals surface area contributed by atoms with Crippen molar-refractivity contribution in [2.24, 2.45) is 5.73 Å². The van der Waals surface area contributed by atoms with Crippen LogP contribution in [0.1, 0.15) is 26.3 Å². The van der Waals surface area contributed by atoms with Crippen LogP contribution >= 0.6 is 0 Å². The van der Waals surface area contributed by atoms with Crippen LogP contribution in [0.15, 0.2) is 30.3 Å². The van der Waals surface area contributed by atoms with Crippen LogP contribution in [0.4, 0.5) is 0 Å². The number of aliphatic hydroxyl groups is 1. The van der Waals surface area contributed by atoms with E-state index in [9.17, 15) is 5.11 Å². The summed E-state index contributed by atoms with van der Waals surface area (Å²) in [5, 5.41) is 9.43. The molecule has 1 unspecified atom stereocenters. The van der Waals surface area contributed by atoms with E-state index in [1.165, 1.54) is 0 Å². The highest BCUT2D eigenvalue weighted by molar-refractivity contribution is 5.24. The molecule has 3 heteroatoms. The van der Waals surface area contributed by atoms with Gasteiger partial charge in [-0.3, -0.25) is 0 Å². The fourth-order valence-corrected chi connectivity index (χ4v) is 1.34. The summed E-state index contributed by atoms with van der Waals surface area (Å²) in [6.45, 7) is 6.07. The monoisotopic (exact) mass is 223 g/mol. The van der Waals surface area contributed by atoms with E-state index in [0.29, 0.717) is 6.61 Å². The van der Waals surface area contributed by atoms with E-state index in [1.54, 1.807) is 0 Å². The zero-order valence-electron chi connectivity index (χ0n) is 10.2. The summed E-state index contributed by atoms with van der Waals surface area (Å²) in [7, 11) is 0. The number of hydrogen-bond acceptors (Lipinski definition) is 3. The number of aliphatic hydroxyl groups excluding tert-OH is 1. The molecule has 0 aliphatic heterocycles. The van der Waals surface area contributed by atoms with Gasteiger partial charge in [-0.2, -0.15) is 0 Å². The van der Waals surface area contributed by atoms with Gasteiger partial charge in [0.1, 0.15) is 0 Å². The molecule has 3 N–H and O–H groups in total. The van der Waals surface area contributed by atoms with Gasteiger partial charge in [-0.15, -0.1) is 0 Å². The SMILES string of the molecule is CC(C)(C)OCC(N)(CO)c1ccccc1. The topological polar surface area (TPSA) is 55.5 Å². The van der Waals surface area contributed by atoms with Gasteiger partial charge < -0.3 is 15.6 Å². The van der Waals surface area contributed by atoms with Crippen molar-refractivity contribution >= 4 is 0 Å². The summed E-state index contributed by atoms with van der Waals surface area (Å²) in [5.74, 6) is 0. The molecule has 16 heavy (non-hydrogen) atoms. The second-order valence-electron chi connectivity index (χ2n) is 5.08. The second-order valence-corrected chi connectivity index (χ2v) is 5.08. The lowest BCUT2D eigenvalue weighted by atomic mass is 9.92. The third kappa shape index (κ3) is 3.59. The smallest absolute Gasteiger partial charge is 0.0881 e. The summed E-state index contributed by atoms with van der Waals surface area (Å²) < 4.78 is 5.65. The number of ether oxygens (including phenoxy) is 1. The second kappa shape index (κ2) is 4.95. The van der Waals surface area contributed by atoms with E-state index in [2.05, 4.69) is 0 Å². The molecule has 0 aromatic heterocycles. The van der Waals surface area contributed by atoms with E-state index < -0.39 is 5.54 Å². The van der Waals surface area contributed by atoms with Crippen molar-refractivity contribution in [2.75, 3.05) is 13.2 Å². The largest absolute Gasteiger partial charge is 0.394 e. The molecule has 90 valence electrons. The highest BCUT2D eigenvalue weighted by Crippen LogP contribution is 2.20. The Labute approximate surface area is 97.2 Å². The van der Waals surface area contributed by atoms with Crippen LogP contribution in [0.5, 0.6) is 0 Å². The molecule has 1 aromatic carbocycles. The molecule has 0 aliphatic carbocycles. The summed E-state index contributed by atoms with van der Waals surface area (Å²) in [6.07, 6.45) is 0. The van der Waals surface area contributed by atoms with Crippen molar-refractivity contribution in [2.45, 2.75) is 31.9 Å². The first-order chi connectivity index (χ1) is 7.37. The molecular formula is C13H21NO2. The minimum atomic E-state index is -0.825. The summed E-state index contributed by atoms with van der Waals surface area (Å²) >= 11 is 0. The van der Waals surface area contributed by atoms with E-state index >= 15 is 0 Å². The Morgan fingerprint density at radius 2 is 1.75 bits per heavy atom. The molecule has 1 aromatic rings. The fraction of sp³-hybridized carbons (Fsp3) is 0.538. The van der Waals surface area contributed by atoms with E-state index in [1.807, 2.05) is 51.1 Å². The molecule has 0 amide bonds. The van der Waals surface area contributed by atoms with Gasteiger partial charge in [0, 0.05) is 0 Å². The number of rotatable bonds is 4. The lowest BCUT2D eigenvalue weighted by molar-refractivity contribution is -0.0411. The minimum absolute atomic E-state index is 0.132. The molecule has 3 nitrogen and oxygen atoms in total. The molecule has 0 saturated carbocycles. The van der Waals surface area contributed by atoms with Gasteiger partial charge in [-0.25, -0.2) is 0 Å². The first-order valence-electron chi connectivity index (χ1n) is 5.47. The Balaban J connectivity index is 2.79. The average molecular weight is 223 g/mol. The summed E-state index contributed by atoms with van der Waals surface area (Å²) in [6, 6.07) is 9.55. The normalized spacial score (nSPS) is 15.8. The van der Waals surface area contributed by atoms with E-state index in [-0.39, 0.29) is 12.2 Å². The molecule has 1 atom stereocenters. The molecule has 0 saturated heterocycles. The van der Waals surface area contributed by atoms with Crippen molar-refractivity contribution < 1.29 is 9.84 Å². The van der Waals surface area contributed by atoms with Crippen LogP contribution in [0.2, 0.25) is 0 Å². The van der Waals surface area contributed by atoms with Gasteiger partial charge >= 0.3 is 0 Å². The van der Waals surface area contributed by atoms with Crippen LogP contribution in [0, 0.1) is 0 Å². The molecule has 0 bridgehead atoms. The van der Waals surface area contributed by atoms with Gasteiger partial charge in [-0.1, -0.05) is 30.3 Å². The standard InChI is InChI=1S/C13H21NO2/c1-12(2,3)16-10-13(14,9-15)11-7-5-4-6-8-11/h4-8,15H,9-10,14H2,1-3H3. The first-order valence-corrected chi connectivity index (χ1v) is 5.47. The quantitative estimate of drug-likeness (QED) is 0.816. The van der Waals surface area contributed by atoms with Crippen LogP contribution in [-0.2, 0) is 10.3 Å². The Bertz CT molecular complexity index is 318. The van der Waals surface area contributed by atoms with Crippen molar-refractivity contribution in [3.63, 3.8) is 0 Å². The van der Waals surface area contributed by atoms with Crippen LogP contribution in [-0.4, -0.2) is 23.9 Å². The van der Waals surface area contributed by atoms with E-state index in [0.717, 1.165) is 5.56 Å². The molecule has 0 aliphatic rings. The highest BCUT2D eigenvalue weighted by atomic mass is 16.5. The minimum Gasteiger partial charge on any atom is -0.394 e. The molecule has 0 spiro atoms. The Morgan fingerprint density at radius 1 is 1.19 bits per heavy atom. The molecule has 0 fully saturated rings. The number of benzene rings is 1.